The molecule has 4 rings (SSSR count). The average Bonchev–Trinajstić information content (AvgIpc) is 3.05. The maximum absolute atomic E-state index is 12.3. The molecule has 0 aliphatic heterocycles. The van der Waals surface area contributed by atoms with Crippen molar-refractivity contribution < 1.29 is 14.7 Å². The van der Waals surface area contributed by atoms with Gasteiger partial charge in [-0.25, -0.2) is 0 Å². The molecule has 6 nitrogen and oxygen atoms in total. The van der Waals surface area contributed by atoms with Crippen LogP contribution in [0.1, 0.15) is 85.0 Å². The third-order valence-electron chi connectivity index (χ3n) is 10.4. The monoisotopic (exact) mass is 449 g/mol. The van der Waals surface area contributed by atoms with Crippen LogP contribution >= 0.6 is 0 Å². The summed E-state index contributed by atoms with van der Waals surface area (Å²) in [6.07, 6.45) is 11.5. The van der Waals surface area contributed by atoms with Gasteiger partial charge in [-0.2, -0.15) is 0 Å². The average molecular weight is 450 g/mol. The number of hydrogen-bond acceptors (Lipinski definition) is 6. The molecule has 4 aliphatic carbocycles. The molecule has 0 aromatic rings. The van der Waals surface area contributed by atoms with Crippen molar-refractivity contribution in [3.8, 4) is 0 Å². The summed E-state index contributed by atoms with van der Waals surface area (Å²) in [6.45, 7) is 9.38. The van der Waals surface area contributed by atoms with Gasteiger partial charge < -0.3 is 26.1 Å². The van der Waals surface area contributed by atoms with Gasteiger partial charge in [0.25, 0.3) is 0 Å². The predicted octanol–water partition coefficient (Wildman–Crippen LogP) is 3.85. The third-order valence-corrected chi connectivity index (χ3v) is 10.4. The molecular formula is C26H47N3O3. The van der Waals surface area contributed by atoms with Crippen molar-refractivity contribution in [2.24, 2.45) is 51.1 Å². The number of hydrogen-bond donors (Lipinski definition) is 3. The van der Waals surface area contributed by atoms with Crippen molar-refractivity contribution in [3.05, 3.63) is 0 Å². The van der Waals surface area contributed by atoms with Gasteiger partial charge in [0.15, 0.2) is 0 Å². The number of fused-ring (bicyclic) bond motifs is 5. The van der Waals surface area contributed by atoms with E-state index in [0.717, 1.165) is 56.8 Å². The Morgan fingerprint density at radius 2 is 1.78 bits per heavy atom. The van der Waals surface area contributed by atoms with Gasteiger partial charge in [-0.1, -0.05) is 19.0 Å². The van der Waals surface area contributed by atoms with Gasteiger partial charge >= 0.3 is 0 Å². The number of aliphatic hydroxyl groups is 1. The van der Waals surface area contributed by atoms with Crippen LogP contribution in [0.25, 0.3) is 0 Å². The molecule has 4 aliphatic rings. The van der Waals surface area contributed by atoms with Crippen molar-refractivity contribution in [3.63, 3.8) is 0 Å². The van der Waals surface area contributed by atoms with Gasteiger partial charge in [-0.3, -0.25) is 0 Å². The highest BCUT2D eigenvalue weighted by Gasteiger charge is 2.67. The zero-order chi connectivity index (χ0) is 23.0. The summed E-state index contributed by atoms with van der Waals surface area (Å²) in [6, 6.07) is 0. The van der Waals surface area contributed by atoms with Crippen molar-refractivity contribution in [1.29, 1.82) is 0 Å². The number of oxime groups is 1. The lowest BCUT2D eigenvalue weighted by Gasteiger charge is -2.63. The molecule has 0 saturated heterocycles. The smallest absolute Gasteiger partial charge is 0.129 e. The van der Waals surface area contributed by atoms with Crippen LogP contribution in [0.3, 0.4) is 0 Å². The Hall–Kier alpha value is -0.690. The molecule has 0 aromatic carbocycles. The maximum atomic E-state index is 12.3. The fourth-order valence-corrected chi connectivity index (χ4v) is 8.60. The normalized spacial score (nSPS) is 46.3. The Morgan fingerprint density at radius 1 is 0.969 bits per heavy atom. The summed E-state index contributed by atoms with van der Waals surface area (Å²) in [5.74, 6) is 2.04. The summed E-state index contributed by atoms with van der Waals surface area (Å²) in [7, 11) is 0. The molecule has 0 spiro atoms. The molecule has 2 unspecified atom stereocenters. The Morgan fingerprint density at radius 3 is 2.53 bits per heavy atom. The summed E-state index contributed by atoms with van der Waals surface area (Å²) >= 11 is 0. The molecule has 4 saturated carbocycles. The largest absolute Gasteiger partial charge is 0.395 e. The minimum atomic E-state index is -0.590. The van der Waals surface area contributed by atoms with Crippen LogP contribution in [0.15, 0.2) is 5.16 Å². The molecule has 0 aromatic heterocycles. The van der Waals surface area contributed by atoms with Crippen LogP contribution in [0, 0.1) is 34.5 Å². The fraction of sp³-hybridized carbons (Fsp3) is 0.962. The van der Waals surface area contributed by atoms with Gasteiger partial charge in [-0.15, -0.1) is 0 Å². The fourth-order valence-electron chi connectivity index (χ4n) is 8.60. The van der Waals surface area contributed by atoms with E-state index in [-0.39, 0.29) is 5.41 Å². The van der Waals surface area contributed by atoms with Crippen molar-refractivity contribution in [2.75, 3.05) is 26.3 Å². The van der Waals surface area contributed by atoms with E-state index in [2.05, 4.69) is 25.9 Å². The van der Waals surface area contributed by atoms with E-state index in [1.165, 1.54) is 25.7 Å². The van der Waals surface area contributed by atoms with Gasteiger partial charge in [0, 0.05) is 24.5 Å². The van der Waals surface area contributed by atoms with Gasteiger partial charge in [0.05, 0.1) is 17.4 Å². The van der Waals surface area contributed by atoms with Crippen LogP contribution in [0.4, 0.5) is 0 Å². The second kappa shape index (κ2) is 9.52. The Balaban J connectivity index is 1.49. The third kappa shape index (κ3) is 3.93. The minimum Gasteiger partial charge on any atom is -0.395 e. The predicted molar refractivity (Wildman–Crippen MR) is 128 cm³/mol. The van der Waals surface area contributed by atoms with Crippen molar-refractivity contribution in [1.82, 2.24) is 0 Å². The van der Waals surface area contributed by atoms with Crippen LogP contribution in [0.2, 0.25) is 0 Å². The SMILES string of the molecule is C/C(=N/OCCN)[C@H]1CC[C@@]2(O)[C@@H]3CCC4CC(OCCCN)CC[C@]4(C)[C@H]3CC[C@]12C. The summed E-state index contributed by atoms with van der Waals surface area (Å²) in [5.41, 5.74) is 11.9. The highest BCUT2D eigenvalue weighted by atomic mass is 16.6. The minimum absolute atomic E-state index is 0.112. The number of rotatable bonds is 8. The second-order valence-corrected chi connectivity index (χ2v) is 11.7. The highest BCUT2D eigenvalue weighted by molar-refractivity contribution is 5.85. The maximum Gasteiger partial charge on any atom is 0.129 e. The lowest BCUT2D eigenvalue weighted by Crippen LogP contribution is -2.62. The van der Waals surface area contributed by atoms with E-state index in [1.54, 1.807) is 0 Å². The highest BCUT2D eigenvalue weighted by Crippen LogP contribution is 2.69. The molecule has 0 heterocycles. The first-order valence-electron chi connectivity index (χ1n) is 13.2. The van der Waals surface area contributed by atoms with Crippen LogP contribution in [-0.2, 0) is 9.57 Å². The first kappa shape index (κ1) is 24.4. The summed E-state index contributed by atoms with van der Waals surface area (Å²) < 4.78 is 6.18. The number of nitrogens with two attached hydrogens (primary N) is 2. The number of ether oxygens (including phenoxy) is 1. The van der Waals surface area contributed by atoms with Gasteiger partial charge in [-0.05, 0) is 101 Å². The molecular weight excluding hydrogens is 402 g/mol. The summed E-state index contributed by atoms with van der Waals surface area (Å²) in [5, 5.41) is 16.7. The Kier molecular flexibility index (Phi) is 7.27. The van der Waals surface area contributed by atoms with Gasteiger partial charge in [0.1, 0.15) is 6.61 Å². The second-order valence-electron chi connectivity index (χ2n) is 11.7. The molecule has 6 heteroatoms. The topological polar surface area (TPSA) is 103 Å². The lowest BCUT2D eigenvalue weighted by atomic mass is 9.43. The van der Waals surface area contributed by atoms with Crippen molar-refractivity contribution >= 4 is 5.71 Å². The zero-order valence-electron chi connectivity index (χ0n) is 20.7. The molecule has 0 amide bonds. The van der Waals surface area contributed by atoms with Crippen LogP contribution < -0.4 is 11.5 Å². The molecule has 8 atom stereocenters. The molecule has 184 valence electrons. The van der Waals surface area contributed by atoms with Crippen LogP contribution in [0.5, 0.6) is 0 Å². The van der Waals surface area contributed by atoms with E-state index in [0.29, 0.717) is 49.0 Å². The van der Waals surface area contributed by atoms with E-state index < -0.39 is 5.60 Å². The van der Waals surface area contributed by atoms with E-state index in [4.69, 9.17) is 21.0 Å². The first-order valence-corrected chi connectivity index (χ1v) is 13.2. The van der Waals surface area contributed by atoms with Gasteiger partial charge in [0.2, 0.25) is 0 Å². The van der Waals surface area contributed by atoms with E-state index in [9.17, 15) is 5.11 Å². The van der Waals surface area contributed by atoms with Crippen LogP contribution in [-0.4, -0.2) is 48.8 Å². The Labute approximate surface area is 194 Å². The quantitative estimate of drug-likeness (QED) is 0.297. The molecule has 5 N–H and O–H groups in total. The van der Waals surface area contributed by atoms with Crippen molar-refractivity contribution in [2.45, 2.75) is 96.7 Å². The Bertz CT molecular complexity index is 687. The first-order chi connectivity index (χ1) is 15.3. The standard InChI is InChI=1S/C26H47N3O3/c1-18(29-32-16-14-28)21-9-12-26(30)23-6-5-19-17-20(31-15-4-13-27)7-10-24(19,2)22(23)8-11-25(21,26)3/h19-23,30H,4-17,27-28H2,1-3H3/b29-18-/t19?,20?,21-,22+,23-,24+,25-,26-/m1/s1. The van der Waals surface area contributed by atoms with E-state index >= 15 is 0 Å². The molecule has 0 radical (unpaired) electrons. The summed E-state index contributed by atoms with van der Waals surface area (Å²) in [4.78, 5) is 5.42. The molecule has 4 fully saturated rings. The molecule has 32 heavy (non-hydrogen) atoms. The zero-order valence-corrected chi connectivity index (χ0v) is 20.7. The lowest BCUT2D eigenvalue weighted by molar-refractivity contribution is -0.208. The molecule has 0 bridgehead atoms. The van der Waals surface area contributed by atoms with E-state index in [1.807, 2.05) is 0 Å². The number of nitrogens with zero attached hydrogens (tertiary/aromatic N) is 1.